The minimum atomic E-state index is -1.16. The number of halogens is 1. The van der Waals surface area contributed by atoms with Gasteiger partial charge in [0.15, 0.2) is 0 Å². The number of carboxylic acids is 1. The molecule has 3 atom stereocenters. The second-order valence-electron chi connectivity index (χ2n) is 9.72. The van der Waals surface area contributed by atoms with E-state index in [0.717, 1.165) is 11.1 Å². The zero-order valence-electron chi connectivity index (χ0n) is 22.0. The van der Waals surface area contributed by atoms with Crippen LogP contribution in [0.25, 0.3) is 0 Å². The average molecular weight is 544 g/mol. The van der Waals surface area contributed by atoms with Crippen molar-refractivity contribution in [1.82, 2.24) is 16.0 Å². The minimum absolute atomic E-state index is 0.0459. The highest BCUT2D eigenvalue weighted by Crippen LogP contribution is 2.11. The fourth-order valence-electron chi connectivity index (χ4n) is 4.02. The lowest BCUT2D eigenvalue weighted by atomic mass is 10.00. The van der Waals surface area contributed by atoms with E-state index in [2.05, 4.69) is 16.0 Å². The van der Waals surface area contributed by atoms with Gasteiger partial charge in [-0.25, -0.2) is 4.79 Å². The third-order valence-electron chi connectivity index (χ3n) is 5.99. The van der Waals surface area contributed by atoms with Gasteiger partial charge in [-0.1, -0.05) is 74.5 Å². The maximum Gasteiger partial charge on any atom is 0.326 e. The van der Waals surface area contributed by atoms with E-state index in [-0.39, 0.29) is 24.7 Å². The van der Waals surface area contributed by atoms with E-state index in [1.165, 1.54) is 0 Å². The molecule has 2 rings (SSSR count). The third kappa shape index (κ3) is 11.3. The molecule has 0 saturated carbocycles. The van der Waals surface area contributed by atoms with Crippen molar-refractivity contribution >= 4 is 35.3 Å². The average Bonchev–Trinajstić information content (AvgIpc) is 2.89. The number of amides is 3. The van der Waals surface area contributed by atoms with Gasteiger partial charge in [0, 0.05) is 18.7 Å². The molecule has 0 unspecified atom stereocenters. The number of aliphatic carboxylic acids is 1. The number of carbonyl (C=O) groups is 4. The number of aryl methyl sites for hydroxylation is 1. The van der Waals surface area contributed by atoms with Gasteiger partial charge in [0.25, 0.3) is 0 Å². The fraction of sp³-hybridized carbons (Fsp3) is 0.448. The molecule has 0 aliphatic heterocycles. The monoisotopic (exact) mass is 543 g/mol. The summed E-state index contributed by atoms with van der Waals surface area (Å²) in [6.07, 6.45) is 1.98. The van der Waals surface area contributed by atoms with Crippen LogP contribution in [0, 0.1) is 5.92 Å². The van der Waals surface area contributed by atoms with Crippen LogP contribution in [0.15, 0.2) is 60.7 Å². The predicted molar refractivity (Wildman–Crippen MR) is 148 cm³/mol. The Morgan fingerprint density at radius 1 is 0.789 bits per heavy atom. The number of rotatable bonds is 16. The van der Waals surface area contributed by atoms with Crippen molar-refractivity contribution in [3.8, 4) is 0 Å². The Kier molecular flexibility index (Phi) is 13.3. The highest BCUT2D eigenvalue weighted by molar-refractivity contribution is 6.17. The van der Waals surface area contributed by atoms with Gasteiger partial charge in [-0.2, -0.15) is 0 Å². The summed E-state index contributed by atoms with van der Waals surface area (Å²) in [5.41, 5.74) is 1.78. The first-order chi connectivity index (χ1) is 18.2. The van der Waals surface area contributed by atoms with Gasteiger partial charge in [-0.05, 0) is 42.7 Å². The molecule has 3 amide bonds. The molecule has 0 aromatic heterocycles. The Bertz CT molecular complexity index is 1030. The highest BCUT2D eigenvalue weighted by Gasteiger charge is 2.30. The molecule has 0 spiro atoms. The van der Waals surface area contributed by atoms with Crippen LogP contribution < -0.4 is 16.0 Å². The molecule has 0 saturated heterocycles. The molecule has 0 fully saturated rings. The van der Waals surface area contributed by atoms with E-state index in [1.54, 1.807) is 24.3 Å². The van der Waals surface area contributed by atoms with Crippen LogP contribution in [0.4, 0.5) is 0 Å². The first-order valence-corrected chi connectivity index (χ1v) is 13.5. The maximum absolute atomic E-state index is 13.3. The van der Waals surface area contributed by atoms with Crippen LogP contribution in [0.3, 0.4) is 0 Å². The van der Waals surface area contributed by atoms with Crippen LogP contribution in [-0.4, -0.2) is 52.8 Å². The topological polar surface area (TPSA) is 125 Å². The maximum atomic E-state index is 13.3. The summed E-state index contributed by atoms with van der Waals surface area (Å²) in [6.45, 7) is 3.82. The summed E-state index contributed by atoms with van der Waals surface area (Å²) in [5, 5.41) is 17.8. The molecular formula is C29H38ClN3O5. The van der Waals surface area contributed by atoms with Crippen LogP contribution >= 0.6 is 11.6 Å². The molecule has 38 heavy (non-hydrogen) atoms. The van der Waals surface area contributed by atoms with Gasteiger partial charge in [0.1, 0.15) is 18.1 Å². The van der Waals surface area contributed by atoms with Crippen molar-refractivity contribution in [3.05, 3.63) is 71.8 Å². The van der Waals surface area contributed by atoms with Gasteiger partial charge in [-0.3, -0.25) is 14.4 Å². The number of benzene rings is 2. The van der Waals surface area contributed by atoms with Crippen molar-refractivity contribution in [2.75, 3.05) is 5.88 Å². The standard InChI is InChI=1S/C29H38ClN3O5/c1-20(2)18-24(28(36)33-25(29(37)38)19-22-12-7-4-8-13-22)32-27(35)23(31-26(34)14-9-17-30)16-15-21-10-5-3-6-11-21/h3-8,10-13,20,23-25H,9,14-19H2,1-2H3,(H,31,34)(H,32,35)(H,33,36)(H,37,38)/t23-,24-,25-/m0/s1. The predicted octanol–water partition coefficient (Wildman–Crippen LogP) is 3.47. The van der Waals surface area contributed by atoms with Gasteiger partial charge < -0.3 is 21.1 Å². The Morgan fingerprint density at radius 2 is 1.34 bits per heavy atom. The summed E-state index contributed by atoms with van der Waals surface area (Å²) >= 11 is 5.71. The molecule has 8 nitrogen and oxygen atoms in total. The smallest absolute Gasteiger partial charge is 0.326 e. The number of carboxylic acid groups (broad SMARTS) is 1. The lowest BCUT2D eigenvalue weighted by molar-refractivity contribution is -0.142. The first kappa shape index (κ1) is 30.8. The zero-order valence-corrected chi connectivity index (χ0v) is 22.7. The Balaban J connectivity index is 2.14. The first-order valence-electron chi connectivity index (χ1n) is 13.0. The van der Waals surface area contributed by atoms with Crippen LogP contribution in [0.2, 0.25) is 0 Å². The Morgan fingerprint density at radius 3 is 1.89 bits per heavy atom. The van der Waals surface area contributed by atoms with Gasteiger partial charge in [0.2, 0.25) is 17.7 Å². The number of carbonyl (C=O) groups excluding carboxylic acids is 3. The summed E-state index contributed by atoms with van der Waals surface area (Å²) < 4.78 is 0. The number of hydrogen-bond donors (Lipinski definition) is 4. The molecule has 2 aromatic rings. The highest BCUT2D eigenvalue weighted by atomic mass is 35.5. The molecule has 0 radical (unpaired) electrons. The van der Waals surface area contributed by atoms with Gasteiger partial charge >= 0.3 is 5.97 Å². The second-order valence-corrected chi connectivity index (χ2v) is 10.1. The van der Waals surface area contributed by atoms with E-state index in [1.807, 2.05) is 50.2 Å². The van der Waals surface area contributed by atoms with Gasteiger partial charge in [-0.15, -0.1) is 11.6 Å². The van der Waals surface area contributed by atoms with Crippen molar-refractivity contribution in [2.45, 2.75) is 70.5 Å². The lowest BCUT2D eigenvalue weighted by Crippen LogP contribution is -2.56. The molecule has 0 bridgehead atoms. The molecule has 0 aliphatic carbocycles. The Labute approximate surface area is 229 Å². The molecule has 9 heteroatoms. The van der Waals surface area contributed by atoms with E-state index in [9.17, 15) is 24.3 Å². The van der Waals surface area contributed by atoms with Crippen LogP contribution in [0.5, 0.6) is 0 Å². The molecule has 0 aliphatic rings. The van der Waals surface area contributed by atoms with Crippen molar-refractivity contribution < 1.29 is 24.3 Å². The van der Waals surface area contributed by atoms with E-state index in [4.69, 9.17) is 11.6 Å². The summed E-state index contributed by atoms with van der Waals surface area (Å²) in [5.74, 6) is -2.15. The molecular weight excluding hydrogens is 506 g/mol. The summed E-state index contributed by atoms with van der Waals surface area (Å²) in [4.78, 5) is 50.8. The minimum Gasteiger partial charge on any atom is -0.480 e. The van der Waals surface area contributed by atoms with Crippen molar-refractivity contribution in [2.24, 2.45) is 5.92 Å². The summed E-state index contributed by atoms with van der Waals surface area (Å²) in [6, 6.07) is 15.6. The number of nitrogens with one attached hydrogen (secondary N) is 3. The van der Waals surface area contributed by atoms with E-state index >= 15 is 0 Å². The van der Waals surface area contributed by atoms with Crippen LogP contribution in [-0.2, 0) is 32.0 Å². The van der Waals surface area contributed by atoms with Gasteiger partial charge in [0.05, 0.1) is 0 Å². The van der Waals surface area contributed by atoms with E-state index in [0.29, 0.717) is 31.6 Å². The molecule has 0 heterocycles. The number of hydrogen-bond acceptors (Lipinski definition) is 4. The SMILES string of the molecule is CC(C)C[C@H](NC(=O)[C@H](CCc1ccccc1)NC(=O)CCCCl)C(=O)N[C@@H](Cc1ccccc1)C(=O)O. The zero-order chi connectivity index (χ0) is 27.9. The second kappa shape index (κ2) is 16.5. The normalized spacial score (nSPS) is 13.3. The number of alkyl halides is 1. The quantitative estimate of drug-likeness (QED) is 0.241. The summed E-state index contributed by atoms with van der Waals surface area (Å²) in [7, 11) is 0. The lowest BCUT2D eigenvalue weighted by Gasteiger charge is -2.25. The van der Waals surface area contributed by atoms with Crippen LogP contribution in [0.1, 0.15) is 50.7 Å². The molecule has 4 N–H and O–H groups in total. The van der Waals surface area contributed by atoms with Crippen molar-refractivity contribution in [1.29, 1.82) is 0 Å². The van der Waals surface area contributed by atoms with E-state index < -0.39 is 35.9 Å². The molecule has 2 aromatic carbocycles. The fourth-order valence-corrected chi connectivity index (χ4v) is 4.15. The molecule has 206 valence electrons. The third-order valence-corrected chi connectivity index (χ3v) is 6.26. The Hall–Kier alpha value is -3.39. The van der Waals surface area contributed by atoms with Crippen molar-refractivity contribution in [3.63, 3.8) is 0 Å². The largest absolute Gasteiger partial charge is 0.480 e.